The fourth-order valence-electron chi connectivity index (χ4n) is 1.66. The van der Waals surface area contributed by atoms with Crippen LogP contribution in [0.4, 0.5) is 0 Å². The SMILES string of the molecule is COCCNCCc1ncc(CC(C)C(C)(C)C)o1. The summed E-state index contributed by atoms with van der Waals surface area (Å²) in [5.41, 5.74) is 0.300. The van der Waals surface area contributed by atoms with Crippen LogP contribution in [-0.4, -0.2) is 31.8 Å². The molecule has 110 valence electrons. The van der Waals surface area contributed by atoms with Crippen molar-refractivity contribution in [2.45, 2.75) is 40.5 Å². The Balaban J connectivity index is 2.32. The molecule has 4 nitrogen and oxygen atoms in total. The Bertz CT molecular complexity index is 355. The Morgan fingerprint density at radius 3 is 2.74 bits per heavy atom. The van der Waals surface area contributed by atoms with Crippen LogP contribution in [0.5, 0.6) is 0 Å². The Hall–Kier alpha value is -0.870. The van der Waals surface area contributed by atoms with Gasteiger partial charge in [-0.2, -0.15) is 0 Å². The van der Waals surface area contributed by atoms with Crippen molar-refractivity contribution >= 4 is 0 Å². The molecule has 0 radical (unpaired) electrons. The second-order valence-corrected chi connectivity index (χ2v) is 6.18. The third-order valence-electron chi connectivity index (χ3n) is 3.59. The minimum Gasteiger partial charge on any atom is -0.446 e. The summed E-state index contributed by atoms with van der Waals surface area (Å²) < 4.78 is 10.7. The topological polar surface area (TPSA) is 47.3 Å². The minimum atomic E-state index is 0.300. The van der Waals surface area contributed by atoms with Crippen LogP contribution < -0.4 is 5.32 Å². The quantitative estimate of drug-likeness (QED) is 0.736. The van der Waals surface area contributed by atoms with Gasteiger partial charge in [0.15, 0.2) is 5.89 Å². The highest BCUT2D eigenvalue weighted by Crippen LogP contribution is 2.28. The van der Waals surface area contributed by atoms with Crippen LogP contribution in [0.25, 0.3) is 0 Å². The number of hydrogen-bond acceptors (Lipinski definition) is 4. The third kappa shape index (κ3) is 6.21. The zero-order valence-corrected chi connectivity index (χ0v) is 13.0. The van der Waals surface area contributed by atoms with Crippen molar-refractivity contribution in [3.05, 3.63) is 17.8 Å². The van der Waals surface area contributed by atoms with Crippen LogP contribution in [0.1, 0.15) is 39.3 Å². The van der Waals surface area contributed by atoms with E-state index in [1.807, 2.05) is 6.20 Å². The van der Waals surface area contributed by atoms with E-state index in [2.05, 4.69) is 38.0 Å². The molecule has 1 N–H and O–H groups in total. The molecule has 0 bridgehead atoms. The zero-order chi connectivity index (χ0) is 14.3. The summed E-state index contributed by atoms with van der Waals surface area (Å²) in [4.78, 5) is 4.33. The van der Waals surface area contributed by atoms with Crippen LogP contribution in [0.15, 0.2) is 10.6 Å². The van der Waals surface area contributed by atoms with Crippen LogP contribution >= 0.6 is 0 Å². The van der Waals surface area contributed by atoms with Crippen LogP contribution in [-0.2, 0) is 17.6 Å². The van der Waals surface area contributed by atoms with Crippen molar-refractivity contribution in [2.75, 3.05) is 26.8 Å². The fraction of sp³-hybridized carbons (Fsp3) is 0.800. The maximum Gasteiger partial charge on any atom is 0.195 e. The Morgan fingerprint density at radius 1 is 1.37 bits per heavy atom. The van der Waals surface area contributed by atoms with E-state index in [1.54, 1.807) is 7.11 Å². The van der Waals surface area contributed by atoms with E-state index in [0.717, 1.165) is 44.2 Å². The minimum absolute atomic E-state index is 0.300. The molecule has 0 fully saturated rings. The van der Waals surface area contributed by atoms with E-state index in [0.29, 0.717) is 11.3 Å². The maximum atomic E-state index is 5.77. The van der Waals surface area contributed by atoms with Gasteiger partial charge in [0.1, 0.15) is 5.76 Å². The molecule has 1 atom stereocenters. The van der Waals surface area contributed by atoms with Gasteiger partial charge in [-0.05, 0) is 11.3 Å². The molecule has 1 aromatic heterocycles. The van der Waals surface area contributed by atoms with Gasteiger partial charge in [-0.15, -0.1) is 0 Å². The van der Waals surface area contributed by atoms with E-state index in [9.17, 15) is 0 Å². The first-order valence-electron chi connectivity index (χ1n) is 7.06. The average molecular weight is 268 g/mol. The normalized spacial score (nSPS) is 13.7. The molecule has 0 aliphatic carbocycles. The molecule has 1 unspecified atom stereocenters. The lowest BCUT2D eigenvalue weighted by molar-refractivity contribution is 0.199. The zero-order valence-electron chi connectivity index (χ0n) is 13.0. The molecule has 0 saturated carbocycles. The molecule has 1 aromatic rings. The highest BCUT2D eigenvalue weighted by molar-refractivity contribution is 4.97. The predicted molar refractivity (Wildman–Crippen MR) is 77.3 cm³/mol. The number of nitrogens with zero attached hydrogens (tertiary/aromatic N) is 1. The standard InChI is InChI=1S/C15H28N2O2/c1-12(15(2,3)4)10-13-11-17-14(19-13)6-7-16-8-9-18-5/h11-12,16H,6-10H2,1-5H3. The Morgan fingerprint density at radius 2 is 2.11 bits per heavy atom. The molecule has 0 saturated heterocycles. The predicted octanol–water partition coefficient (Wildman–Crippen LogP) is 2.68. The summed E-state index contributed by atoms with van der Waals surface area (Å²) in [5, 5.41) is 3.28. The lowest BCUT2D eigenvalue weighted by Crippen LogP contribution is -2.21. The Labute approximate surface area is 116 Å². The second-order valence-electron chi connectivity index (χ2n) is 6.18. The van der Waals surface area contributed by atoms with Gasteiger partial charge in [0.25, 0.3) is 0 Å². The van der Waals surface area contributed by atoms with E-state index >= 15 is 0 Å². The van der Waals surface area contributed by atoms with Gasteiger partial charge in [0.2, 0.25) is 0 Å². The van der Waals surface area contributed by atoms with E-state index in [4.69, 9.17) is 9.15 Å². The van der Waals surface area contributed by atoms with Crippen molar-refractivity contribution in [1.82, 2.24) is 10.3 Å². The first kappa shape index (κ1) is 16.2. The summed E-state index contributed by atoms with van der Waals surface area (Å²) in [7, 11) is 1.71. The molecule has 0 aliphatic heterocycles. The first-order chi connectivity index (χ1) is 8.93. The molecule has 19 heavy (non-hydrogen) atoms. The molecular formula is C15H28N2O2. The molecule has 0 aliphatic rings. The van der Waals surface area contributed by atoms with Crippen molar-refractivity contribution in [3.63, 3.8) is 0 Å². The third-order valence-corrected chi connectivity index (χ3v) is 3.59. The lowest BCUT2D eigenvalue weighted by atomic mass is 9.80. The first-order valence-corrected chi connectivity index (χ1v) is 7.06. The smallest absolute Gasteiger partial charge is 0.195 e. The number of rotatable bonds is 8. The van der Waals surface area contributed by atoms with Gasteiger partial charge in [-0.25, -0.2) is 4.98 Å². The molecule has 4 heteroatoms. The summed E-state index contributed by atoms with van der Waals surface area (Å²) in [6.07, 6.45) is 3.65. The van der Waals surface area contributed by atoms with Gasteiger partial charge in [0.05, 0.1) is 12.8 Å². The van der Waals surface area contributed by atoms with E-state index in [1.165, 1.54) is 0 Å². The molecule has 0 amide bonds. The van der Waals surface area contributed by atoms with Crippen molar-refractivity contribution in [3.8, 4) is 0 Å². The van der Waals surface area contributed by atoms with Crippen molar-refractivity contribution in [2.24, 2.45) is 11.3 Å². The van der Waals surface area contributed by atoms with Gasteiger partial charge in [-0.1, -0.05) is 27.7 Å². The number of hydrogen-bond donors (Lipinski definition) is 1. The fourth-order valence-corrected chi connectivity index (χ4v) is 1.66. The monoisotopic (exact) mass is 268 g/mol. The number of oxazole rings is 1. The lowest BCUT2D eigenvalue weighted by Gasteiger charge is -2.26. The number of aromatic nitrogens is 1. The van der Waals surface area contributed by atoms with Crippen LogP contribution in [0.2, 0.25) is 0 Å². The number of methoxy groups -OCH3 is 1. The van der Waals surface area contributed by atoms with E-state index < -0.39 is 0 Å². The summed E-state index contributed by atoms with van der Waals surface area (Å²) >= 11 is 0. The van der Waals surface area contributed by atoms with E-state index in [-0.39, 0.29) is 0 Å². The maximum absolute atomic E-state index is 5.77. The number of nitrogens with one attached hydrogen (secondary N) is 1. The van der Waals surface area contributed by atoms with Crippen molar-refractivity contribution in [1.29, 1.82) is 0 Å². The largest absolute Gasteiger partial charge is 0.446 e. The molecule has 1 heterocycles. The average Bonchev–Trinajstić information content (AvgIpc) is 2.75. The van der Waals surface area contributed by atoms with Gasteiger partial charge >= 0.3 is 0 Å². The van der Waals surface area contributed by atoms with Crippen LogP contribution in [0, 0.1) is 11.3 Å². The van der Waals surface area contributed by atoms with Gasteiger partial charge in [0, 0.05) is 33.0 Å². The second kappa shape index (κ2) is 7.65. The summed E-state index contributed by atoms with van der Waals surface area (Å²) in [6.45, 7) is 11.5. The highest BCUT2D eigenvalue weighted by atomic mass is 16.5. The summed E-state index contributed by atoms with van der Waals surface area (Å²) in [6, 6.07) is 0. The Kier molecular flexibility index (Phi) is 6.52. The molecular weight excluding hydrogens is 240 g/mol. The van der Waals surface area contributed by atoms with Crippen LogP contribution in [0.3, 0.4) is 0 Å². The van der Waals surface area contributed by atoms with Gasteiger partial charge in [-0.3, -0.25) is 0 Å². The van der Waals surface area contributed by atoms with Crippen molar-refractivity contribution < 1.29 is 9.15 Å². The molecule has 0 spiro atoms. The number of ether oxygens (including phenoxy) is 1. The molecule has 0 aromatic carbocycles. The summed E-state index contributed by atoms with van der Waals surface area (Å²) in [5.74, 6) is 2.39. The highest BCUT2D eigenvalue weighted by Gasteiger charge is 2.21. The van der Waals surface area contributed by atoms with Gasteiger partial charge < -0.3 is 14.5 Å². The molecule has 1 rings (SSSR count).